The maximum Gasteiger partial charge on any atom is 0.206 e. The predicted molar refractivity (Wildman–Crippen MR) is 116 cm³/mol. The van der Waals surface area contributed by atoms with Crippen LogP contribution < -0.4 is 9.47 Å². The highest BCUT2D eigenvalue weighted by atomic mass is 32.2. The summed E-state index contributed by atoms with van der Waals surface area (Å²) in [7, 11) is -3.67. The molecule has 2 fully saturated rings. The first-order valence-electron chi connectivity index (χ1n) is 11.1. The first kappa shape index (κ1) is 22.1. The number of benzene rings is 2. The summed E-state index contributed by atoms with van der Waals surface area (Å²) in [6.07, 6.45) is 5.67. The predicted octanol–water partition coefficient (Wildman–Crippen LogP) is 3.88. The van der Waals surface area contributed by atoms with Gasteiger partial charge in [-0.1, -0.05) is 12.8 Å². The minimum absolute atomic E-state index is 0.181. The van der Waals surface area contributed by atoms with Crippen LogP contribution in [0.2, 0.25) is 0 Å². The lowest BCUT2D eigenvalue weighted by atomic mass is 9.95. The van der Waals surface area contributed by atoms with Crippen LogP contribution in [0.5, 0.6) is 11.5 Å². The Morgan fingerprint density at radius 2 is 0.968 bits per heavy atom. The van der Waals surface area contributed by atoms with Gasteiger partial charge in [-0.15, -0.1) is 0 Å². The van der Waals surface area contributed by atoms with Crippen molar-refractivity contribution in [2.45, 2.75) is 85.6 Å². The fraction of sp³-hybridized carbons (Fsp3) is 0.500. The SMILES string of the molecule is O=S(=O)(c1ccc(OC2CCCCC2O)cc1)c1ccc(OC2CCCCC2O)cc1. The third-order valence-electron chi connectivity index (χ3n) is 6.18. The highest BCUT2D eigenvalue weighted by Gasteiger charge is 2.26. The lowest BCUT2D eigenvalue weighted by Gasteiger charge is -2.28. The minimum atomic E-state index is -3.67. The Balaban J connectivity index is 1.42. The molecular formula is C24H30O6S. The van der Waals surface area contributed by atoms with Crippen LogP contribution in [0.15, 0.2) is 58.3 Å². The molecule has 31 heavy (non-hydrogen) atoms. The van der Waals surface area contributed by atoms with Gasteiger partial charge in [-0.25, -0.2) is 8.42 Å². The molecule has 0 saturated heterocycles. The highest BCUT2D eigenvalue weighted by molar-refractivity contribution is 7.91. The molecule has 2 aromatic carbocycles. The van der Waals surface area contributed by atoms with E-state index in [4.69, 9.17) is 9.47 Å². The molecule has 2 aromatic rings. The number of sulfone groups is 1. The molecule has 2 aliphatic rings. The average molecular weight is 447 g/mol. The van der Waals surface area contributed by atoms with E-state index >= 15 is 0 Å². The molecule has 0 radical (unpaired) electrons. The van der Waals surface area contributed by atoms with Crippen LogP contribution in [-0.4, -0.2) is 43.0 Å². The van der Waals surface area contributed by atoms with Gasteiger partial charge in [-0.3, -0.25) is 0 Å². The second-order valence-electron chi connectivity index (χ2n) is 8.46. The van der Waals surface area contributed by atoms with Gasteiger partial charge in [0.05, 0.1) is 22.0 Å². The van der Waals surface area contributed by atoms with Gasteiger partial charge in [0, 0.05) is 0 Å². The van der Waals surface area contributed by atoms with Crippen LogP contribution in [0, 0.1) is 0 Å². The Bertz CT molecular complexity index is 881. The third kappa shape index (κ3) is 5.22. The topological polar surface area (TPSA) is 93.1 Å². The lowest BCUT2D eigenvalue weighted by molar-refractivity contribution is 0.00684. The molecule has 2 aliphatic carbocycles. The van der Waals surface area contributed by atoms with Gasteiger partial charge in [0.1, 0.15) is 23.7 Å². The van der Waals surface area contributed by atoms with Gasteiger partial charge < -0.3 is 19.7 Å². The molecule has 0 heterocycles. The third-order valence-corrected chi connectivity index (χ3v) is 7.96. The fourth-order valence-electron chi connectivity index (χ4n) is 4.31. The van der Waals surface area contributed by atoms with Gasteiger partial charge >= 0.3 is 0 Å². The maximum absolute atomic E-state index is 13.0. The van der Waals surface area contributed by atoms with Crippen molar-refractivity contribution in [1.29, 1.82) is 0 Å². The van der Waals surface area contributed by atoms with Crippen LogP contribution in [-0.2, 0) is 9.84 Å². The molecule has 2 N–H and O–H groups in total. The van der Waals surface area contributed by atoms with Crippen molar-refractivity contribution in [3.63, 3.8) is 0 Å². The summed E-state index contributed by atoms with van der Waals surface area (Å²) in [5.74, 6) is 1.11. The largest absolute Gasteiger partial charge is 0.488 e. The van der Waals surface area contributed by atoms with Gasteiger partial charge in [-0.05, 0) is 87.1 Å². The van der Waals surface area contributed by atoms with Crippen LogP contribution in [0.4, 0.5) is 0 Å². The van der Waals surface area contributed by atoms with E-state index in [0.29, 0.717) is 11.5 Å². The summed E-state index contributed by atoms with van der Waals surface area (Å²) < 4.78 is 37.7. The normalized spacial score (nSPS) is 26.9. The zero-order chi connectivity index (χ0) is 21.8. The van der Waals surface area contributed by atoms with Crippen molar-refractivity contribution in [2.75, 3.05) is 0 Å². The Labute approximate surface area is 183 Å². The van der Waals surface area contributed by atoms with Crippen molar-refractivity contribution >= 4 is 9.84 Å². The fourth-order valence-corrected chi connectivity index (χ4v) is 5.57. The summed E-state index contributed by atoms with van der Waals surface area (Å²) >= 11 is 0. The second-order valence-corrected chi connectivity index (χ2v) is 10.4. The molecule has 7 heteroatoms. The minimum Gasteiger partial charge on any atom is -0.488 e. The quantitative estimate of drug-likeness (QED) is 0.699. The monoisotopic (exact) mass is 446 g/mol. The number of aliphatic hydroxyl groups is 2. The Hall–Kier alpha value is -2.09. The van der Waals surface area contributed by atoms with E-state index in [1.807, 2.05) is 0 Å². The Morgan fingerprint density at radius 3 is 1.32 bits per heavy atom. The summed E-state index contributed by atoms with van der Waals surface area (Å²) in [5.41, 5.74) is 0. The van der Waals surface area contributed by atoms with Gasteiger partial charge in [0.15, 0.2) is 0 Å². The van der Waals surface area contributed by atoms with E-state index in [9.17, 15) is 18.6 Å². The van der Waals surface area contributed by atoms with Gasteiger partial charge in [0.25, 0.3) is 0 Å². The molecule has 0 bridgehead atoms. The van der Waals surface area contributed by atoms with Crippen molar-refractivity contribution in [3.05, 3.63) is 48.5 Å². The van der Waals surface area contributed by atoms with E-state index < -0.39 is 22.0 Å². The van der Waals surface area contributed by atoms with Crippen LogP contribution in [0.3, 0.4) is 0 Å². The van der Waals surface area contributed by atoms with Crippen molar-refractivity contribution in [3.8, 4) is 11.5 Å². The van der Waals surface area contributed by atoms with E-state index in [0.717, 1.165) is 51.4 Å². The molecule has 4 unspecified atom stereocenters. The molecule has 4 rings (SSSR count). The summed E-state index contributed by atoms with van der Waals surface area (Å²) in [6, 6.07) is 12.7. The molecule has 6 nitrogen and oxygen atoms in total. The van der Waals surface area contributed by atoms with Crippen molar-refractivity contribution < 1.29 is 28.1 Å². The summed E-state index contributed by atoms with van der Waals surface area (Å²) in [5, 5.41) is 20.1. The molecule has 168 valence electrons. The van der Waals surface area contributed by atoms with E-state index in [1.54, 1.807) is 24.3 Å². The molecule has 0 aromatic heterocycles. The number of aliphatic hydroxyl groups excluding tert-OH is 2. The number of hydrogen-bond donors (Lipinski definition) is 2. The molecule has 2 saturated carbocycles. The molecule has 0 spiro atoms. The average Bonchev–Trinajstić information content (AvgIpc) is 2.78. The lowest BCUT2D eigenvalue weighted by Crippen LogP contribution is -2.34. The zero-order valence-corrected chi connectivity index (χ0v) is 18.3. The van der Waals surface area contributed by atoms with Crippen molar-refractivity contribution in [1.82, 2.24) is 0 Å². The van der Waals surface area contributed by atoms with Crippen LogP contribution >= 0.6 is 0 Å². The van der Waals surface area contributed by atoms with E-state index in [1.165, 1.54) is 24.3 Å². The maximum atomic E-state index is 13.0. The number of rotatable bonds is 6. The van der Waals surface area contributed by atoms with Gasteiger partial charge in [0.2, 0.25) is 9.84 Å². The summed E-state index contributed by atoms with van der Waals surface area (Å²) in [6.45, 7) is 0. The van der Waals surface area contributed by atoms with E-state index in [-0.39, 0.29) is 22.0 Å². The zero-order valence-electron chi connectivity index (χ0n) is 17.5. The van der Waals surface area contributed by atoms with Crippen LogP contribution in [0.1, 0.15) is 51.4 Å². The first-order chi connectivity index (χ1) is 14.9. The number of ether oxygens (including phenoxy) is 2. The Kier molecular flexibility index (Phi) is 6.84. The summed E-state index contributed by atoms with van der Waals surface area (Å²) in [4.78, 5) is 0.362. The first-order valence-corrected chi connectivity index (χ1v) is 12.6. The van der Waals surface area contributed by atoms with Crippen molar-refractivity contribution in [2.24, 2.45) is 0 Å². The van der Waals surface area contributed by atoms with Gasteiger partial charge in [-0.2, -0.15) is 0 Å². The standard InChI is InChI=1S/C24H30O6S/c25-21-5-1-3-7-23(21)29-17-9-13-19(14-10-17)31(27,28)20-15-11-18(12-16-20)30-24-8-4-2-6-22(24)26/h9-16,21-26H,1-8H2. The smallest absolute Gasteiger partial charge is 0.206 e. The van der Waals surface area contributed by atoms with Crippen LogP contribution in [0.25, 0.3) is 0 Å². The molecule has 0 aliphatic heterocycles. The highest BCUT2D eigenvalue weighted by Crippen LogP contribution is 2.29. The number of hydrogen-bond acceptors (Lipinski definition) is 6. The van der Waals surface area contributed by atoms with E-state index in [2.05, 4.69) is 0 Å². The molecule has 0 amide bonds. The molecular weight excluding hydrogens is 416 g/mol. The second kappa shape index (κ2) is 9.59. The molecule has 4 atom stereocenters. The Morgan fingerprint density at radius 1 is 0.613 bits per heavy atom.